The Morgan fingerprint density at radius 1 is 1.33 bits per heavy atom. The van der Waals surface area contributed by atoms with Crippen molar-refractivity contribution in [3.8, 4) is 0 Å². The quantitative estimate of drug-likeness (QED) is 0.900. The summed E-state index contributed by atoms with van der Waals surface area (Å²) in [6, 6.07) is 6.89. The first-order chi connectivity index (χ1) is 9.88. The highest BCUT2D eigenvalue weighted by molar-refractivity contribution is 7.91. The van der Waals surface area contributed by atoms with Gasteiger partial charge in [-0.3, -0.25) is 0 Å². The number of aliphatic hydroxyl groups is 1. The standard InChI is InChI=1S/C14H16N2O3S2/c1-8-14(20-9(2)15-8)21(18,19)16-13-11-6-4-3-5-10(11)7-12(13)17/h3-6,12-13,16-17H,7H2,1-2H3. The highest BCUT2D eigenvalue weighted by atomic mass is 32.2. The first-order valence-electron chi connectivity index (χ1n) is 6.61. The van der Waals surface area contributed by atoms with Crippen molar-refractivity contribution in [2.75, 3.05) is 0 Å². The molecule has 1 aliphatic carbocycles. The molecule has 0 saturated carbocycles. The van der Waals surface area contributed by atoms with Crippen LogP contribution < -0.4 is 4.72 Å². The van der Waals surface area contributed by atoms with Crippen molar-refractivity contribution in [3.05, 3.63) is 46.1 Å². The number of aryl methyl sites for hydroxylation is 2. The summed E-state index contributed by atoms with van der Waals surface area (Å²) < 4.78 is 27.9. The van der Waals surface area contributed by atoms with Crippen LogP contribution >= 0.6 is 11.3 Å². The predicted octanol–water partition coefficient (Wildman–Crippen LogP) is 1.70. The van der Waals surface area contributed by atoms with Gasteiger partial charge in [-0.05, 0) is 25.0 Å². The van der Waals surface area contributed by atoms with E-state index in [0.717, 1.165) is 22.5 Å². The molecule has 21 heavy (non-hydrogen) atoms. The minimum Gasteiger partial charge on any atom is -0.391 e. The second-order valence-electron chi connectivity index (χ2n) is 5.17. The Bertz CT molecular complexity index is 783. The monoisotopic (exact) mass is 324 g/mol. The van der Waals surface area contributed by atoms with Gasteiger partial charge in [0.15, 0.2) is 4.21 Å². The van der Waals surface area contributed by atoms with Gasteiger partial charge in [0.25, 0.3) is 10.0 Å². The fourth-order valence-electron chi connectivity index (χ4n) is 2.70. The molecule has 0 radical (unpaired) electrons. The summed E-state index contributed by atoms with van der Waals surface area (Å²) in [7, 11) is -3.68. The van der Waals surface area contributed by atoms with Crippen LogP contribution in [0.3, 0.4) is 0 Å². The van der Waals surface area contributed by atoms with Gasteiger partial charge in [-0.15, -0.1) is 11.3 Å². The zero-order chi connectivity index (χ0) is 15.2. The van der Waals surface area contributed by atoms with Crippen molar-refractivity contribution in [2.24, 2.45) is 0 Å². The van der Waals surface area contributed by atoms with Gasteiger partial charge in [-0.1, -0.05) is 24.3 Å². The van der Waals surface area contributed by atoms with Crippen LogP contribution in [0.25, 0.3) is 0 Å². The third-order valence-electron chi connectivity index (χ3n) is 3.59. The fourth-order valence-corrected chi connectivity index (χ4v) is 5.45. The van der Waals surface area contributed by atoms with E-state index in [4.69, 9.17) is 0 Å². The van der Waals surface area contributed by atoms with Crippen molar-refractivity contribution in [1.82, 2.24) is 9.71 Å². The van der Waals surface area contributed by atoms with E-state index in [1.165, 1.54) is 0 Å². The smallest absolute Gasteiger partial charge is 0.252 e. The number of rotatable bonds is 3. The molecule has 2 atom stereocenters. The lowest BCUT2D eigenvalue weighted by Gasteiger charge is -2.17. The Kier molecular flexibility index (Phi) is 3.61. The van der Waals surface area contributed by atoms with Gasteiger partial charge in [0.2, 0.25) is 0 Å². The Morgan fingerprint density at radius 2 is 2.05 bits per heavy atom. The van der Waals surface area contributed by atoms with Crippen LogP contribution in [0.1, 0.15) is 27.9 Å². The first-order valence-corrected chi connectivity index (χ1v) is 8.90. The maximum atomic E-state index is 12.5. The highest BCUT2D eigenvalue weighted by Crippen LogP contribution is 2.33. The molecule has 112 valence electrons. The summed E-state index contributed by atoms with van der Waals surface area (Å²) >= 11 is 1.14. The molecule has 1 aromatic carbocycles. The molecule has 0 spiro atoms. The van der Waals surface area contributed by atoms with Crippen LogP contribution in [-0.2, 0) is 16.4 Å². The average Bonchev–Trinajstić information content (AvgIpc) is 2.91. The molecule has 5 nitrogen and oxygen atoms in total. The number of benzene rings is 1. The van der Waals surface area contributed by atoms with Gasteiger partial charge >= 0.3 is 0 Å². The van der Waals surface area contributed by atoms with E-state index in [0.29, 0.717) is 17.1 Å². The third kappa shape index (κ3) is 2.62. The lowest BCUT2D eigenvalue weighted by atomic mass is 10.1. The number of nitrogens with one attached hydrogen (secondary N) is 1. The SMILES string of the molecule is Cc1nc(C)c(S(=O)(=O)NC2c3ccccc3CC2O)s1. The number of aliphatic hydroxyl groups excluding tert-OH is 1. The summed E-state index contributed by atoms with van der Waals surface area (Å²) in [5, 5.41) is 10.9. The van der Waals surface area contributed by atoms with E-state index < -0.39 is 22.2 Å². The van der Waals surface area contributed by atoms with Crippen LogP contribution in [0.2, 0.25) is 0 Å². The second-order valence-corrected chi connectivity index (χ2v) is 8.29. The molecule has 1 heterocycles. The molecule has 2 aromatic rings. The molecule has 0 aliphatic heterocycles. The van der Waals surface area contributed by atoms with E-state index in [1.807, 2.05) is 24.3 Å². The number of aromatic nitrogens is 1. The number of sulfonamides is 1. The predicted molar refractivity (Wildman–Crippen MR) is 80.8 cm³/mol. The van der Waals surface area contributed by atoms with E-state index >= 15 is 0 Å². The molecule has 0 amide bonds. The molecule has 1 aliphatic rings. The van der Waals surface area contributed by atoms with E-state index in [9.17, 15) is 13.5 Å². The maximum absolute atomic E-state index is 12.5. The molecule has 3 rings (SSSR count). The summed E-state index contributed by atoms with van der Waals surface area (Å²) in [6.45, 7) is 3.45. The van der Waals surface area contributed by atoms with Crippen LogP contribution in [0.5, 0.6) is 0 Å². The summed E-state index contributed by atoms with van der Waals surface area (Å²) in [6.07, 6.45) is -0.282. The normalized spacial score (nSPS) is 21.5. The molecule has 0 saturated heterocycles. The second kappa shape index (κ2) is 5.17. The first kappa shape index (κ1) is 14.6. The third-order valence-corrected chi connectivity index (χ3v) is 6.71. The van der Waals surface area contributed by atoms with Gasteiger partial charge in [0, 0.05) is 6.42 Å². The molecule has 0 bridgehead atoms. The van der Waals surface area contributed by atoms with Crippen LogP contribution in [0, 0.1) is 13.8 Å². The van der Waals surface area contributed by atoms with Crippen molar-refractivity contribution < 1.29 is 13.5 Å². The minimum atomic E-state index is -3.68. The van der Waals surface area contributed by atoms with Crippen molar-refractivity contribution in [3.63, 3.8) is 0 Å². The maximum Gasteiger partial charge on any atom is 0.252 e. The van der Waals surface area contributed by atoms with Gasteiger partial charge in [0.1, 0.15) is 0 Å². The zero-order valence-corrected chi connectivity index (χ0v) is 13.3. The van der Waals surface area contributed by atoms with Crippen LogP contribution in [0.4, 0.5) is 0 Å². The number of thiazole rings is 1. The summed E-state index contributed by atoms with van der Waals surface area (Å²) in [5.74, 6) is 0. The summed E-state index contributed by atoms with van der Waals surface area (Å²) in [4.78, 5) is 4.15. The Hall–Kier alpha value is -1.28. The van der Waals surface area contributed by atoms with Gasteiger partial charge < -0.3 is 5.11 Å². The zero-order valence-electron chi connectivity index (χ0n) is 11.7. The van der Waals surface area contributed by atoms with E-state index in [-0.39, 0.29) is 4.21 Å². The Balaban J connectivity index is 1.95. The van der Waals surface area contributed by atoms with Gasteiger partial charge in [-0.25, -0.2) is 18.1 Å². The Morgan fingerprint density at radius 3 is 2.71 bits per heavy atom. The topological polar surface area (TPSA) is 79.3 Å². The average molecular weight is 324 g/mol. The molecule has 1 aromatic heterocycles. The molecular weight excluding hydrogens is 308 g/mol. The number of hydrogen-bond donors (Lipinski definition) is 2. The molecule has 0 fully saturated rings. The molecule has 2 unspecified atom stereocenters. The van der Waals surface area contributed by atoms with Crippen molar-refractivity contribution in [2.45, 2.75) is 36.6 Å². The largest absolute Gasteiger partial charge is 0.391 e. The molecule has 7 heteroatoms. The number of hydrogen-bond acceptors (Lipinski definition) is 5. The number of fused-ring (bicyclic) bond motifs is 1. The fraction of sp³-hybridized carbons (Fsp3) is 0.357. The molecular formula is C14H16N2O3S2. The van der Waals surface area contributed by atoms with Crippen LogP contribution in [-0.4, -0.2) is 24.6 Å². The lowest BCUT2D eigenvalue weighted by Crippen LogP contribution is -2.33. The van der Waals surface area contributed by atoms with Crippen molar-refractivity contribution >= 4 is 21.4 Å². The van der Waals surface area contributed by atoms with E-state index in [2.05, 4.69) is 9.71 Å². The van der Waals surface area contributed by atoms with Crippen LogP contribution in [0.15, 0.2) is 28.5 Å². The molecule has 2 N–H and O–H groups in total. The number of nitrogens with zero attached hydrogens (tertiary/aromatic N) is 1. The Labute approximate surface area is 127 Å². The highest BCUT2D eigenvalue weighted by Gasteiger charge is 2.35. The van der Waals surface area contributed by atoms with Gasteiger partial charge in [-0.2, -0.15) is 0 Å². The van der Waals surface area contributed by atoms with Gasteiger partial charge in [0.05, 0.1) is 22.8 Å². The lowest BCUT2D eigenvalue weighted by molar-refractivity contribution is 0.151. The van der Waals surface area contributed by atoms with Crippen molar-refractivity contribution in [1.29, 1.82) is 0 Å². The summed E-state index contributed by atoms with van der Waals surface area (Å²) in [5.41, 5.74) is 2.31. The van der Waals surface area contributed by atoms with E-state index in [1.54, 1.807) is 13.8 Å². The minimum absolute atomic E-state index is 0.219.